The molecule has 0 heterocycles. The van der Waals surface area contributed by atoms with Crippen molar-refractivity contribution in [2.75, 3.05) is 19.8 Å². The quantitative estimate of drug-likeness (QED) is 0.103. The van der Waals surface area contributed by atoms with E-state index < -0.39 is 0 Å². The van der Waals surface area contributed by atoms with Crippen molar-refractivity contribution in [3.05, 3.63) is 83.1 Å². The smallest absolute Gasteiger partial charge is 0.333 e. The van der Waals surface area contributed by atoms with E-state index >= 15 is 0 Å². The van der Waals surface area contributed by atoms with Crippen LogP contribution < -0.4 is 0 Å². The van der Waals surface area contributed by atoms with Crippen LogP contribution in [0.25, 0.3) is 0 Å². The van der Waals surface area contributed by atoms with E-state index in [0.29, 0.717) is 25.4 Å². The molecule has 4 heteroatoms. The van der Waals surface area contributed by atoms with Crippen LogP contribution in [0.1, 0.15) is 41.5 Å². The molecular formula is C24H34O4. The van der Waals surface area contributed by atoms with Crippen LogP contribution in [0.15, 0.2) is 83.1 Å². The summed E-state index contributed by atoms with van der Waals surface area (Å²) in [6, 6.07) is 0. The molecule has 0 aliphatic rings. The minimum Gasteiger partial charge on any atom is -0.463 e. The Morgan fingerprint density at radius 1 is 0.714 bits per heavy atom. The lowest BCUT2D eigenvalue weighted by Crippen LogP contribution is -2.04. The van der Waals surface area contributed by atoms with E-state index in [1.807, 2.05) is 82.4 Å². The molecule has 154 valence electrons. The van der Waals surface area contributed by atoms with Gasteiger partial charge >= 0.3 is 5.97 Å². The summed E-state index contributed by atoms with van der Waals surface area (Å²) in [7, 11) is 0. The van der Waals surface area contributed by atoms with Crippen molar-refractivity contribution in [3.8, 4) is 0 Å². The molecule has 0 aromatic rings. The molecule has 28 heavy (non-hydrogen) atoms. The highest BCUT2D eigenvalue weighted by molar-refractivity contribution is 5.88. The van der Waals surface area contributed by atoms with Crippen LogP contribution >= 0.6 is 0 Å². The number of hydrogen-bond acceptors (Lipinski definition) is 4. The second-order valence-corrected chi connectivity index (χ2v) is 6.18. The van der Waals surface area contributed by atoms with Gasteiger partial charge in [0.1, 0.15) is 6.61 Å². The normalized spacial score (nSPS) is 14.6. The summed E-state index contributed by atoms with van der Waals surface area (Å²) < 4.78 is 4.93. The van der Waals surface area contributed by atoms with Crippen LogP contribution in [-0.2, 0) is 19.3 Å². The van der Waals surface area contributed by atoms with Crippen LogP contribution in [0.4, 0.5) is 0 Å². The highest BCUT2D eigenvalue weighted by Crippen LogP contribution is 2.02. The molecule has 0 aliphatic carbocycles. The Bertz CT molecular complexity index is 671. The summed E-state index contributed by atoms with van der Waals surface area (Å²) in [4.78, 5) is 21.3. The maximum absolute atomic E-state index is 11.5. The van der Waals surface area contributed by atoms with E-state index in [1.54, 1.807) is 19.9 Å². The lowest BCUT2D eigenvalue weighted by atomic mass is 10.2. The average molecular weight is 387 g/mol. The van der Waals surface area contributed by atoms with Crippen LogP contribution in [-0.4, -0.2) is 25.8 Å². The predicted octanol–water partition coefficient (Wildman–Crippen LogP) is 5.97. The molecule has 4 nitrogen and oxygen atoms in total. The van der Waals surface area contributed by atoms with Crippen LogP contribution in [0.2, 0.25) is 0 Å². The molecular weight excluding hydrogens is 352 g/mol. The van der Waals surface area contributed by atoms with Gasteiger partial charge in [-0.05, 0) is 47.1 Å². The number of allylic oxidation sites excluding steroid dienone is 12. The summed E-state index contributed by atoms with van der Waals surface area (Å²) in [6.45, 7) is 12.9. The first-order valence-electron chi connectivity index (χ1n) is 9.52. The first kappa shape index (κ1) is 25.6. The molecule has 0 atom stereocenters. The van der Waals surface area contributed by atoms with E-state index in [4.69, 9.17) is 14.5 Å². The monoisotopic (exact) mass is 386 g/mol. The molecule has 0 saturated heterocycles. The summed E-state index contributed by atoms with van der Waals surface area (Å²) in [6.07, 6.45) is 19.6. The summed E-state index contributed by atoms with van der Waals surface area (Å²) in [5.74, 6) is -0.283. The molecule has 0 fully saturated rings. The van der Waals surface area contributed by atoms with Gasteiger partial charge in [-0.25, -0.2) is 14.6 Å². The van der Waals surface area contributed by atoms with Crippen molar-refractivity contribution >= 4 is 5.97 Å². The Labute approximate surface area is 170 Å². The van der Waals surface area contributed by atoms with Gasteiger partial charge in [-0.3, -0.25) is 0 Å². The number of rotatable bonds is 12. The van der Waals surface area contributed by atoms with E-state index in [0.717, 1.165) is 16.7 Å². The third kappa shape index (κ3) is 14.7. The molecule has 0 amide bonds. The average Bonchev–Trinajstić information content (AvgIpc) is 2.65. The van der Waals surface area contributed by atoms with Gasteiger partial charge in [-0.15, -0.1) is 0 Å². The fourth-order valence-electron chi connectivity index (χ4n) is 1.81. The zero-order valence-corrected chi connectivity index (χ0v) is 18.0. The molecule has 0 radical (unpaired) electrons. The maximum atomic E-state index is 11.5. The van der Waals surface area contributed by atoms with Gasteiger partial charge < -0.3 is 4.74 Å². The molecule has 0 N–H and O–H groups in total. The fraction of sp³-hybridized carbons (Fsp3) is 0.375. The van der Waals surface area contributed by atoms with Crippen molar-refractivity contribution in [2.24, 2.45) is 0 Å². The van der Waals surface area contributed by atoms with Gasteiger partial charge in [0, 0.05) is 5.57 Å². The Hall–Kier alpha value is -2.43. The summed E-state index contributed by atoms with van der Waals surface area (Å²) in [5, 5.41) is 0. The maximum Gasteiger partial charge on any atom is 0.333 e. The molecule has 0 aliphatic heterocycles. The highest BCUT2D eigenvalue weighted by Gasteiger charge is 2.01. The minimum absolute atomic E-state index is 0.283. The standard InChI is InChI=1S/C24H34O4/c1-7-26-24(25)23(6)18-12-16-21(4)14-10-9-13-20(3)15-11-17-22(5)19-28-27-8-2/h9-18H,7-8,19H2,1-6H3/b10-9+,15-11+,16-12+,20-13+,21-14+,22-17+,23-18+. The van der Waals surface area contributed by atoms with Crippen LogP contribution in [0, 0.1) is 0 Å². The highest BCUT2D eigenvalue weighted by atomic mass is 17.2. The summed E-state index contributed by atoms with van der Waals surface area (Å²) >= 11 is 0. The Morgan fingerprint density at radius 2 is 1.29 bits per heavy atom. The number of ether oxygens (including phenoxy) is 1. The van der Waals surface area contributed by atoms with Gasteiger partial charge in [0.25, 0.3) is 0 Å². The van der Waals surface area contributed by atoms with Crippen molar-refractivity contribution in [2.45, 2.75) is 41.5 Å². The third-order valence-corrected chi connectivity index (χ3v) is 3.36. The zero-order valence-electron chi connectivity index (χ0n) is 18.0. The molecule has 0 saturated carbocycles. The second kappa shape index (κ2) is 16.7. The van der Waals surface area contributed by atoms with Crippen LogP contribution in [0.5, 0.6) is 0 Å². The van der Waals surface area contributed by atoms with Gasteiger partial charge in [0.15, 0.2) is 0 Å². The van der Waals surface area contributed by atoms with Crippen molar-refractivity contribution in [1.29, 1.82) is 0 Å². The van der Waals surface area contributed by atoms with E-state index in [2.05, 4.69) is 0 Å². The topological polar surface area (TPSA) is 44.8 Å². The van der Waals surface area contributed by atoms with Gasteiger partial charge in [-0.2, -0.15) is 0 Å². The SMILES string of the molecule is CCOOC/C(C)=C/C=C/C(C)=C/C=C/C=C(C)/C=C/C=C(\C)C(=O)OCC. The Balaban J connectivity index is 4.53. The van der Waals surface area contributed by atoms with Gasteiger partial charge in [-0.1, -0.05) is 71.9 Å². The molecule has 0 rings (SSSR count). The Morgan fingerprint density at radius 3 is 1.82 bits per heavy atom. The van der Waals surface area contributed by atoms with E-state index in [-0.39, 0.29) is 5.97 Å². The molecule has 0 bridgehead atoms. The van der Waals surface area contributed by atoms with Crippen molar-refractivity contribution in [1.82, 2.24) is 0 Å². The predicted molar refractivity (Wildman–Crippen MR) is 117 cm³/mol. The lowest BCUT2D eigenvalue weighted by Gasteiger charge is -2.00. The van der Waals surface area contributed by atoms with Gasteiger partial charge in [0.05, 0.1) is 13.2 Å². The Kier molecular flexibility index (Phi) is 15.3. The number of carbonyl (C=O) groups excluding carboxylic acids is 1. The number of carbonyl (C=O) groups is 1. The molecule has 0 unspecified atom stereocenters. The molecule has 0 aromatic heterocycles. The van der Waals surface area contributed by atoms with Gasteiger partial charge in [0.2, 0.25) is 0 Å². The minimum atomic E-state index is -0.283. The fourth-order valence-corrected chi connectivity index (χ4v) is 1.81. The van der Waals surface area contributed by atoms with Crippen molar-refractivity contribution in [3.63, 3.8) is 0 Å². The zero-order chi connectivity index (χ0) is 21.2. The van der Waals surface area contributed by atoms with Crippen molar-refractivity contribution < 1.29 is 19.3 Å². The summed E-state index contributed by atoms with van der Waals surface area (Å²) in [5.41, 5.74) is 3.89. The van der Waals surface area contributed by atoms with E-state index in [1.165, 1.54) is 0 Å². The second-order valence-electron chi connectivity index (χ2n) is 6.18. The number of esters is 1. The first-order valence-corrected chi connectivity index (χ1v) is 9.52. The lowest BCUT2D eigenvalue weighted by molar-refractivity contribution is -0.284. The number of hydrogen-bond donors (Lipinski definition) is 0. The van der Waals surface area contributed by atoms with Crippen LogP contribution in [0.3, 0.4) is 0 Å². The largest absolute Gasteiger partial charge is 0.463 e. The third-order valence-electron chi connectivity index (χ3n) is 3.36. The van der Waals surface area contributed by atoms with E-state index in [9.17, 15) is 4.79 Å². The molecule has 0 spiro atoms. The molecule has 0 aromatic carbocycles. The first-order chi connectivity index (χ1) is 13.4.